The molecule has 1 N–H and O–H groups in total. The van der Waals surface area contributed by atoms with Gasteiger partial charge in [0.05, 0.1) is 10.6 Å². The van der Waals surface area contributed by atoms with E-state index in [-0.39, 0.29) is 5.91 Å². The van der Waals surface area contributed by atoms with Crippen LogP contribution in [-0.4, -0.2) is 10.9 Å². The van der Waals surface area contributed by atoms with Crippen LogP contribution in [0.5, 0.6) is 0 Å². The molecule has 2 heterocycles. The van der Waals surface area contributed by atoms with Crippen LogP contribution in [0.3, 0.4) is 0 Å². The van der Waals surface area contributed by atoms with Gasteiger partial charge in [-0.3, -0.25) is 10.1 Å². The topological polar surface area (TPSA) is 42.0 Å². The van der Waals surface area contributed by atoms with E-state index in [4.69, 9.17) is 0 Å². The highest BCUT2D eigenvalue weighted by atomic mass is 32.1. The summed E-state index contributed by atoms with van der Waals surface area (Å²) in [6.45, 7) is 4.23. The van der Waals surface area contributed by atoms with Crippen LogP contribution in [0.1, 0.15) is 33.5 Å². The molecule has 0 bridgehead atoms. The smallest absolute Gasteiger partial charge is 0.267 e. The summed E-state index contributed by atoms with van der Waals surface area (Å²) < 4.78 is 0. The number of aromatic nitrogens is 1. The Hall–Kier alpha value is -1.98. The average molecular weight is 342 g/mol. The summed E-state index contributed by atoms with van der Waals surface area (Å²) in [7, 11) is 0. The molecule has 3 aromatic rings. The summed E-state index contributed by atoms with van der Waals surface area (Å²) in [4.78, 5) is 18.8. The molecular formula is C18H18N2OS2. The molecule has 118 valence electrons. The molecule has 1 aromatic carbocycles. The zero-order chi connectivity index (χ0) is 16.2. The molecule has 0 saturated carbocycles. The molecule has 0 aliphatic rings. The predicted molar refractivity (Wildman–Crippen MR) is 98.6 cm³/mol. The third-order valence-electron chi connectivity index (χ3n) is 3.46. The van der Waals surface area contributed by atoms with Crippen molar-refractivity contribution < 1.29 is 4.79 Å². The number of hydrogen-bond donors (Lipinski definition) is 1. The summed E-state index contributed by atoms with van der Waals surface area (Å²) in [5.41, 5.74) is 3.32. The number of carbonyl (C=O) groups is 1. The summed E-state index contributed by atoms with van der Waals surface area (Å²) in [6.07, 6.45) is 2.02. The molecule has 0 saturated heterocycles. The molecule has 3 nitrogen and oxygen atoms in total. The molecule has 0 spiro atoms. The number of thiazole rings is 1. The number of thiophene rings is 1. The molecule has 0 fully saturated rings. The summed E-state index contributed by atoms with van der Waals surface area (Å²) in [6, 6.07) is 12.1. The van der Waals surface area contributed by atoms with Crippen LogP contribution in [0.4, 0.5) is 5.13 Å². The van der Waals surface area contributed by atoms with E-state index >= 15 is 0 Å². The third-order valence-corrected chi connectivity index (χ3v) is 5.36. The standard InChI is InChI=1S/C18H18N2OS2/c1-3-5-14-16(13-9-7-12(2)8-10-13)19-18(23-14)20-17(21)15-6-4-11-22-15/h4,6-11H,3,5H2,1-2H3,(H,19,20,21). The van der Waals surface area contributed by atoms with E-state index in [9.17, 15) is 4.79 Å². The van der Waals surface area contributed by atoms with Gasteiger partial charge in [-0.2, -0.15) is 0 Å². The van der Waals surface area contributed by atoms with E-state index < -0.39 is 0 Å². The first-order valence-electron chi connectivity index (χ1n) is 7.59. The van der Waals surface area contributed by atoms with Gasteiger partial charge < -0.3 is 0 Å². The average Bonchev–Trinajstić information content (AvgIpc) is 3.19. The van der Waals surface area contributed by atoms with Crippen molar-refractivity contribution in [2.45, 2.75) is 26.7 Å². The van der Waals surface area contributed by atoms with Crippen molar-refractivity contribution in [3.05, 3.63) is 57.1 Å². The fourth-order valence-corrected chi connectivity index (χ4v) is 4.00. The van der Waals surface area contributed by atoms with Gasteiger partial charge in [0.1, 0.15) is 0 Å². The second kappa shape index (κ2) is 7.06. The number of hydrogen-bond acceptors (Lipinski definition) is 4. The number of nitrogens with zero attached hydrogens (tertiary/aromatic N) is 1. The van der Waals surface area contributed by atoms with Crippen molar-refractivity contribution in [1.82, 2.24) is 4.98 Å². The maximum atomic E-state index is 12.2. The van der Waals surface area contributed by atoms with Crippen LogP contribution in [-0.2, 0) is 6.42 Å². The number of anilines is 1. The van der Waals surface area contributed by atoms with Crippen LogP contribution in [0.15, 0.2) is 41.8 Å². The molecule has 5 heteroatoms. The Morgan fingerprint density at radius 3 is 2.65 bits per heavy atom. The fourth-order valence-electron chi connectivity index (χ4n) is 2.31. The SMILES string of the molecule is CCCc1sc(NC(=O)c2cccs2)nc1-c1ccc(C)cc1. The van der Waals surface area contributed by atoms with Gasteiger partial charge in [0, 0.05) is 10.4 Å². The van der Waals surface area contributed by atoms with Gasteiger partial charge in [-0.15, -0.1) is 22.7 Å². The van der Waals surface area contributed by atoms with E-state index in [1.807, 2.05) is 17.5 Å². The minimum Gasteiger partial charge on any atom is -0.297 e. The van der Waals surface area contributed by atoms with Crippen LogP contribution >= 0.6 is 22.7 Å². The first kappa shape index (κ1) is 15.9. The number of benzene rings is 1. The molecule has 3 rings (SSSR count). The van der Waals surface area contributed by atoms with E-state index in [0.717, 1.165) is 24.1 Å². The molecule has 1 amide bonds. The molecule has 2 aromatic heterocycles. The lowest BCUT2D eigenvalue weighted by molar-refractivity contribution is 0.103. The highest BCUT2D eigenvalue weighted by Crippen LogP contribution is 2.32. The second-order valence-corrected chi connectivity index (χ2v) is 7.37. The Kier molecular flexibility index (Phi) is 4.88. The summed E-state index contributed by atoms with van der Waals surface area (Å²) in [5, 5.41) is 5.49. The van der Waals surface area contributed by atoms with Gasteiger partial charge in [0.25, 0.3) is 5.91 Å². The Labute approximate surface area is 144 Å². The number of rotatable bonds is 5. The molecule has 0 aliphatic carbocycles. The first-order chi connectivity index (χ1) is 11.2. The lowest BCUT2D eigenvalue weighted by Gasteiger charge is -2.01. The van der Waals surface area contributed by atoms with Crippen LogP contribution in [0.2, 0.25) is 0 Å². The van der Waals surface area contributed by atoms with Crippen molar-refractivity contribution in [1.29, 1.82) is 0 Å². The van der Waals surface area contributed by atoms with Crippen molar-refractivity contribution >= 4 is 33.7 Å². The van der Waals surface area contributed by atoms with Crippen LogP contribution < -0.4 is 5.32 Å². The monoisotopic (exact) mass is 342 g/mol. The maximum Gasteiger partial charge on any atom is 0.267 e. The van der Waals surface area contributed by atoms with Gasteiger partial charge in [-0.25, -0.2) is 4.98 Å². The Bertz CT molecular complexity index is 789. The van der Waals surface area contributed by atoms with Gasteiger partial charge in [0.2, 0.25) is 0 Å². The Balaban J connectivity index is 1.89. The van der Waals surface area contributed by atoms with Crippen LogP contribution in [0, 0.1) is 6.92 Å². The van der Waals surface area contributed by atoms with Crippen molar-refractivity contribution in [3.8, 4) is 11.3 Å². The number of amides is 1. The molecule has 0 radical (unpaired) electrons. The molecular weight excluding hydrogens is 324 g/mol. The molecule has 0 unspecified atom stereocenters. The van der Waals surface area contributed by atoms with Crippen molar-refractivity contribution in [2.24, 2.45) is 0 Å². The lowest BCUT2D eigenvalue weighted by atomic mass is 10.1. The number of carbonyl (C=O) groups excluding carboxylic acids is 1. The van der Waals surface area contributed by atoms with Gasteiger partial charge in [-0.05, 0) is 24.8 Å². The zero-order valence-corrected chi connectivity index (χ0v) is 14.8. The van der Waals surface area contributed by atoms with E-state index in [2.05, 4.69) is 48.4 Å². The zero-order valence-electron chi connectivity index (χ0n) is 13.1. The minimum atomic E-state index is -0.0905. The second-order valence-electron chi connectivity index (χ2n) is 5.34. The molecule has 23 heavy (non-hydrogen) atoms. The number of nitrogens with one attached hydrogen (secondary N) is 1. The summed E-state index contributed by atoms with van der Waals surface area (Å²) >= 11 is 3.00. The van der Waals surface area contributed by atoms with Crippen molar-refractivity contribution in [2.75, 3.05) is 5.32 Å². The fraction of sp³-hybridized carbons (Fsp3) is 0.222. The Morgan fingerprint density at radius 2 is 2.00 bits per heavy atom. The highest BCUT2D eigenvalue weighted by Gasteiger charge is 2.15. The maximum absolute atomic E-state index is 12.2. The van der Waals surface area contributed by atoms with Crippen molar-refractivity contribution in [3.63, 3.8) is 0 Å². The number of aryl methyl sites for hydroxylation is 2. The molecule has 0 aliphatic heterocycles. The Morgan fingerprint density at radius 1 is 1.22 bits per heavy atom. The van der Waals surface area contributed by atoms with Gasteiger partial charge in [-0.1, -0.05) is 49.2 Å². The predicted octanol–water partition coefficient (Wildman–Crippen LogP) is 5.38. The first-order valence-corrected chi connectivity index (χ1v) is 9.28. The molecule has 0 atom stereocenters. The van der Waals surface area contributed by atoms with Gasteiger partial charge in [0.15, 0.2) is 5.13 Å². The third kappa shape index (κ3) is 3.68. The van der Waals surface area contributed by atoms with Gasteiger partial charge >= 0.3 is 0 Å². The highest BCUT2D eigenvalue weighted by molar-refractivity contribution is 7.16. The van der Waals surface area contributed by atoms with E-state index in [1.165, 1.54) is 21.8 Å². The normalized spacial score (nSPS) is 10.7. The van der Waals surface area contributed by atoms with Crippen LogP contribution in [0.25, 0.3) is 11.3 Å². The minimum absolute atomic E-state index is 0.0905. The lowest BCUT2D eigenvalue weighted by Crippen LogP contribution is -2.09. The van der Waals surface area contributed by atoms with E-state index in [1.54, 1.807) is 11.3 Å². The van der Waals surface area contributed by atoms with E-state index in [0.29, 0.717) is 10.0 Å². The largest absolute Gasteiger partial charge is 0.297 e. The quantitative estimate of drug-likeness (QED) is 0.676. The summed E-state index contributed by atoms with van der Waals surface area (Å²) in [5.74, 6) is -0.0905.